The molecular formula is C18H26B2O6. The van der Waals surface area contributed by atoms with E-state index in [9.17, 15) is 10.2 Å². The lowest BCUT2D eigenvalue weighted by molar-refractivity contribution is 0.417. The summed E-state index contributed by atoms with van der Waals surface area (Å²) in [6.07, 6.45) is 0. The van der Waals surface area contributed by atoms with Gasteiger partial charge in [0.2, 0.25) is 0 Å². The summed E-state index contributed by atoms with van der Waals surface area (Å²) < 4.78 is 0. The van der Waals surface area contributed by atoms with Crippen LogP contribution in [-0.2, 0) is 0 Å². The maximum Gasteiger partial charge on any atom is 0.492 e. The lowest BCUT2D eigenvalue weighted by Crippen LogP contribution is -2.30. The quantitative estimate of drug-likeness (QED) is 0.439. The van der Waals surface area contributed by atoms with Crippen LogP contribution in [0.4, 0.5) is 0 Å². The van der Waals surface area contributed by atoms with Crippen molar-refractivity contribution in [3.63, 3.8) is 0 Å². The van der Waals surface area contributed by atoms with Gasteiger partial charge < -0.3 is 30.3 Å². The van der Waals surface area contributed by atoms with Gasteiger partial charge >= 0.3 is 14.2 Å². The third-order valence-corrected chi connectivity index (χ3v) is 3.99. The standard InChI is InChI=1S/2C9H13BO3/c2*1-6(2)7-3-4-9(11)8(5-7)10(12)13/h2*3-6,11-13H,1-2H3. The number of benzene rings is 2. The fourth-order valence-electron chi connectivity index (χ4n) is 2.28. The van der Waals surface area contributed by atoms with Gasteiger partial charge in [-0.3, -0.25) is 0 Å². The molecule has 6 nitrogen and oxygen atoms in total. The van der Waals surface area contributed by atoms with Gasteiger partial charge in [-0.15, -0.1) is 0 Å². The molecule has 0 aliphatic carbocycles. The van der Waals surface area contributed by atoms with Gasteiger partial charge in [0.15, 0.2) is 0 Å². The second kappa shape index (κ2) is 9.64. The molecule has 6 N–H and O–H groups in total. The Kier molecular flexibility index (Phi) is 8.17. The SMILES string of the molecule is CC(C)c1ccc(O)c(B(O)O)c1.CC(C)c1ccc(O)c(B(O)O)c1. The molecule has 0 fully saturated rings. The molecule has 0 aliphatic rings. The lowest BCUT2D eigenvalue weighted by Gasteiger charge is -2.09. The zero-order valence-electron chi connectivity index (χ0n) is 15.5. The summed E-state index contributed by atoms with van der Waals surface area (Å²) in [5.41, 5.74) is 2.26. The van der Waals surface area contributed by atoms with E-state index in [0.717, 1.165) is 11.1 Å². The lowest BCUT2D eigenvalue weighted by atomic mass is 9.78. The molecule has 0 heterocycles. The minimum atomic E-state index is -1.61. The molecule has 0 radical (unpaired) electrons. The first-order chi connectivity index (χ1) is 12.0. The molecule has 2 aromatic rings. The summed E-state index contributed by atoms with van der Waals surface area (Å²) in [7, 11) is -3.22. The van der Waals surface area contributed by atoms with E-state index in [0.29, 0.717) is 11.8 Å². The van der Waals surface area contributed by atoms with Gasteiger partial charge in [0, 0.05) is 10.9 Å². The van der Waals surface area contributed by atoms with Crippen molar-refractivity contribution < 1.29 is 30.3 Å². The van der Waals surface area contributed by atoms with Crippen LogP contribution in [0.2, 0.25) is 0 Å². The molecule has 140 valence electrons. The number of rotatable bonds is 4. The first-order valence-corrected chi connectivity index (χ1v) is 8.42. The number of phenols is 2. The van der Waals surface area contributed by atoms with Crippen LogP contribution in [0, 0.1) is 0 Å². The normalized spacial score (nSPS) is 10.5. The Morgan fingerprint density at radius 2 is 0.923 bits per heavy atom. The second-order valence-corrected chi connectivity index (χ2v) is 6.69. The van der Waals surface area contributed by atoms with E-state index in [4.69, 9.17) is 20.1 Å². The van der Waals surface area contributed by atoms with Crippen molar-refractivity contribution in [2.75, 3.05) is 0 Å². The van der Waals surface area contributed by atoms with Crippen molar-refractivity contribution in [1.29, 1.82) is 0 Å². The monoisotopic (exact) mass is 360 g/mol. The summed E-state index contributed by atoms with van der Waals surface area (Å²) in [5.74, 6) is 0.440. The van der Waals surface area contributed by atoms with Gasteiger partial charge in [-0.25, -0.2) is 0 Å². The van der Waals surface area contributed by atoms with E-state index in [1.807, 2.05) is 27.7 Å². The predicted molar refractivity (Wildman–Crippen MR) is 104 cm³/mol. The smallest absolute Gasteiger partial charge is 0.492 e. The van der Waals surface area contributed by atoms with Crippen LogP contribution in [-0.4, -0.2) is 44.5 Å². The van der Waals surface area contributed by atoms with Gasteiger partial charge in [-0.2, -0.15) is 0 Å². The Bertz CT molecular complexity index is 655. The molecule has 0 saturated carbocycles. The van der Waals surface area contributed by atoms with E-state index in [-0.39, 0.29) is 22.4 Å². The van der Waals surface area contributed by atoms with Crippen molar-refractivity contribution >= 4 is 25.2 Å². The largest absolute Gasteiger partial charge is 0.508 e. The van der Waals surface area contributed by atoms with E-state index >= 15 is 0 Å². The summed E-state index contributed by atoms with van der Waals surface area (Å²) >= 11 is 0. The molecule has 0 saturated heterocycles. The van der Waals surface area contributed by atoms with Crippen molar-refractivity contribution in [2.24, 2.45) is 0 Å². The highest BCUT2D eigenvalue weighted by atomic mass is 16.4. The topological polar surface area (TPSA) is 121 Å². The maximum absolute atomic E-state index is 9.27. The molecule has 8 heteroatoms. The average molecular weight is 360 g/mol. The van der Waals surface area contributed by atoms with Crippen LogP contribution >= 0.6 is 0 Å². The van der Waals surface area contributed by atoms with Gasteiger partial charge in [0.25, 0.3) is 0 Å². The van der Waals surface area contributed by atoms with E-state index in [1.54, 1.807) is 24.3 Å². The summed E-state index contributed by atoms with van der Waals surface area (Å²) in [4.78, 5) is 0. The number of hydrogen-bond acceptors (Lipinski definition) is 6. The molecule has 2 rings (SSSR count). The van der Waals surface area contributed by atoms with Crippen molar-refractivity contribution in [1.82, 2.24) is 0 Å². The Morgan fingerprint density at radius 1 is 0.615 bits per heavy atom. The number of phenolic OH excluding ortho intramolecular Hbond substituents is 2. The minimum Gasteiger partial charge on any atom is -0.508 e. The van der Waals surface area contributed by atoms with Gasteiger partial charge in [0.1, 0.15) is 11.5 Å². The zero-order chi connectivity index (χ0) is 20.0. The first kappa shape index (κ1) is 22.1. The predicted octanol–water partition coefficient (Wildman–Crippen LogP) is 0.391. The molecule has 2 aromatic carbocycles. The molecule has 0 spiro atoms. The van der Waals surface area contributed by atoms with E-state index in [2.05, 4.69) is 0 Å². The Balaban J connectivity index is 0.000000260. The highest BCUT2D eigenvalue weighted by molar-refractivity contribution is 6.60. The zero-order valence-corrected chi connectivity index (χ0v) is 15.5. The van der Waals surface area contributed by atoms with Crippen LogP contribution in [0.25, 0.3) is 0 Å². The van der Waals surface area contributed by atoms with Crippen LogP contribution < -0.4 is 10.9 Å². The van der Waals surface area contributed by atoms with Crippen LogP contribution in [0.3, 0.4) is 0 Å². The number of aromatic hydroxyl groups is 2. The van der Waals surface area contributed by atoms with Crippen molar-refractivity contribution in [2.45, 2.75) is 39.5 Å². The molecule has 26 heavy (non-hydrogen) atoms. The fraction of sp³-hybridized carbons (Fsp3) is 0.333. The maximum atomic E-state index is 9.27. The average Bonchev–Trinajstić information content (AvgIpc) is 2.55. The van der Waals surface area contributed by atoms with Crippen LogP contribution in [0.15, 0.2) is 36.4 Å². The van der Waals surface area contributed by atoms with E-state index < -0.39 is 14.2 Å². The van der Waals surface area contributed by atoms with Gasteiger partial charge in [0.05, 0.1) is 0 Å². The number of hydrogen-bond donors (Lipinski definition) is 6. The second-order valence-electron chi connectivity index (χ2n) is 6.69. The molecule has 0 unspecified atom stereocenters. The highest BCUT2D eigenvalue weighted by Crippen LogP contribution is 2.17. The fourth-order valence-corrected chi connectivity index (χ4v) is 2.28. The van der Waals surface area contributed by atoms with Crippen molar-refractivity contribution in [3.8, 4) is 11.5 Å². The van der Waals surface area contributed by atoms with Gasteiger partial charge in [-0.1, -0.05) is 52.0 Å². The van der Waals surface area contributed by atoms with Crippen LogP contribution in [0.1, 0.15) is 50.7 Å². The molecule has 0 aliphatic heterocycles. The third kappa shape index (κ3) is 6.07. The Labute approximate surface area is 154 Å². The molecule has 0 atom stereocenters. The van der Waals surface area contributed by atoms with E-state index in [1.165, 1.54) is 12.1 Å². The molecular weight excluding hydrogens is 334 g/mol. The summed E-state index contributed by atoms with van der Waals surface area (Å²) in [5, 5.41) is 54.2. The highest BCUT2D eigenvalue weighted by Gasteiger charge is 2.17. The van der Waals surface area contributed by atoms with Gasteiger partial charge in [-0.05, 0) is 35.1 Å². The summed E-state index contributed by atoms with van der Waals surface area (Å²) in [6, 6.07) is 9.70. The Hall–Kier alpha value is -1.99. The van der Waals surface area contributed by atoms with Crippen molar-refractivity contribution in [3.05, 3.63) is 47.5 Å². The Morgan fingerprint density at radius 3 is 1.15 bits per heavy atom. The molecule has 0 aromatic heterocycles. The molecule has 0 bridgehead atoms. The third-order valence-electron chi connectivity index (χ3n) is 3.99. The molecule has 0 amide bonds. The summed E-state index contributed by atoms with van der Waals surface area (Å²) in [6.45, 7) is 8.00. The van der Waals surface area contributed by atoms with Crippen LogP contribution in [0.5, 0.6) is 11.5 Å². The minimum absolute atomic E-state index is 0.0839. The first-order valence-electron chi connectivity index (χ1n) is 8.42.